The molecular weight excluding hydrogens is 797 g/mol. The number of likely N-dealkylation sites (tertiary alicyclic amines) is 1. The molecule has 0 aromatic rings. The van der Waals surface area contributed by atoms with Gasteiger partial charge >= 0.3 is 31.0 Å². The van der Waals surface area contributed by atoms with Crippen LogP contribution in [0.3, 0.4) is 0 Å². The van der Waals surface area contributed by atoms with Gasteiger partial charge in [0.05, 0.1) is 38.7 Å². The quantitative estimate of drug-likeness (QED) is 0.0482. The van der Waals surface area contributed by atoms with Crippen molar-refractivity contribution in [3.63, 3.8) is 0 Å². The third-order valence-electron chi connectivity index (χ3n) is 10.1. The SMILES string of the molecule is CC(C)[C@H](NC(=O)CNC(=O)CNC(=O)CCC(C(=O)O)N1CCN(CC(=O)O)CCN(CC(=O)O)CCN(CC(=O)O)CC1)C(=O)N[C@H](C)C(=O)N1CCC[C@H]1B(O)O. The van der Waals surface area contributed by atoms with E-state index in [-0.39, 0.29) is 71.7 Å². The Hall–Kier alpha value is -4.95. The summed E-state index contributed by atoms with van der Waals surface area (Å²) in [6, 6.07) is -3.41. The molecule has 0 aromatic carbocycles. The molecule has 0 aliphatic carbocycles. The zero-order valence-electron chi connectivity index (χ0n) is 34.3. The third kappa shape index (κ3) is 18.5. The van der Waals surface area contributed by atoms with Crippen LogP contribution in [0.2, 0.25) is 0 Å². The lowest BCUT2D eigenvalue weighted by molar-refractivity contribution is -0.145. The van der Waals surface area contributed by atoms with E-state index in [0.717, 1.165) is 0 Å². The highest BCUT2D eigenvalue weighted by atomic mass is 16.4. The van der Waals surface area contributed by atoms with Crippen LogP contribution in [0.4, 0.5) is 0 Å². The minimum Gasteiger partial charge on any atom is -0.480 e. The maximum Gasteiger partial charge on any atom is 0.475 e. The van der Waals surface area contributed by atoms with E-state index in [1.807, 2.05) is 0 Å². The first-order valence-corrected chi connectivity index (χ1v) is 19.8. The first kappa shape index (κ1) is 51.2. The number of nitrogens with zero attached hydrogens (tertiary/aromatic N) is 5. The molecular formula is C35H60BN9O15. The molecule has 10 N–H and O–H groups in total. The Balaban J connectivity index is 1.95. The minimum atomic E-state index is -1.73. The van der Waals surface area contributed by atoms with Crippen LogP contribution >= 0.6 is 0 Å². The number of carboxylic acids is 4. The van der Waals surface area contributed by atoms with Gasteiger partial charge in [0.25, 0.3) is 0 Å². The molecule has 5 amide bonds. The van der Waals surface area contributed by atoms with E-state index in [0.29, 0.717) is 19.4 Å². The van der Waals surface area contributed by atoms with Gasteiger partial charge in [-0.05, 0) is 32.1 Å². The number of carboxylic acid groups (broad SMARTS) is 4. The fraction of sp³-hybridized carbons (Fsp3) is 0.743. The Kier molecular flexibility index (Phi) is 21.9. The highest BCUT2D eigenvalue weighted by molar-refractivity contribution is 6.43. The van der Waals surface area contributed by atoms with Crippen molar-refractivity contribution in [1.29, 1.82) is 0 Å². The molecule has 60 heavy (non-hydrogen) atoms. The van der Waals surface area contributed by atoms with Crippen LogP contribution in [-0.2, 0) is 43.2 Å². The molecule has 2 aliphatic heterocycles. The van der Waals surface area contributed by atoms with E-state index < -0.39 is 117 Å². The summed E-state index contributed by atoms with van der Waals surface area (Å²) in [6.45, 7) is 3.44. The Morgan fingerprint density at radius 3 is 1.55 bits per heavy atom. The molecule has 2 heterocycles. The highest BCUT2D eigenvalue weighted by Crippen LogP contribution is 2.19. The number of hydrogen-bond donors (Lipinski definition) is 10. The monoisotopic (exact) mass is 857 g/mol. The van der Waals surface area contributed by atoms with Crippen molar-refractivity contribution >= 4 is 60.5 Å². The molecule has 1 unspecified atom stereocenters. The number of carbonyl (C=O) groups is 9. The van der Waals surface area contributed by atoms with E-state index >= 15 is 0 Å². The maximum absolute atomic E-state index is 13.0. The van der Waals surface area contributed by atoms with Gasteiger partial charge in [-0.3, -0.25) is 62.8 Å². The average molecular weight is 858 g/mol. The smallest absolute Gasteiger partial charge is 0.475 e. The second-order valence-corrected chi connectivity index (χ2v) is 15.2. The van der Waals surface area contributed by atoms with Crippen molar-refractivity contribution < 1.29 is 73.6 Å². The predicted molar refractivity (Wildman–Crippen MR) is 210 cm³/mol. The van der Waals surface area contributed by atoms with Crippen LogP contribution in [0, 0.1) is 5.92 Å². The summed E-state index contributed by atoms with van der Waals surface area (Å²) in [7, 11) is -1.73. The summed E-state index contributed by atoms with van der Waals surface area (Å²) < 4.78 is 0. The first-order chi connectivity index (χ1) is 28.2. The summed E-state index contributed by atoms with van der Waals surface area (Å²) in [6.07, 6.45) is 0.370. The molecule has 0 saturated carbocycles. The van der Waals surface area contributed by atoms with E-state index in [9.17, 15) is 73.6 Å². The molecule has 0 bridgehead atoms. The van der Waals surface area contributed by atoms with Crippen molar-refractivity contribution in [3.8, 4) is 0 Å². The number of carbonyl (C=O) groups excluding carboxylic acids is 5. The standard InChI is InChI=1S/C35H60BN9O15/c1-22(2)32(33(55)39-23(3)34(56)45-8-4-5-25(45)36(59)60)40-28(48)18-38-27(47)17-37-26(46)7-6-24(35(57)58)44-15-13-42(20-30(51)52)11-9-41(19-29(49)50)10-12-43(14-16-44)21-31(53)54/h22-25,32,59-60H,4-21H2,1-3H3,(H,37,46)(H,38,47)(H,39,55)(H,40,48)(H,49,50)(H,51,52)(H,53,54)(H,57,58)/t23-,24?,25+,32+/m1/s1. The highest BCUT2D eigenvalue weighted by Gasteiger charge is 2.39. The lowest BCUT2D eigenvalue weighted by atomic mass is 9.78. The molecule has 25 heteroatoms. The fourth-order valence-electron chi connectivity index (χ4n) is 6.90. The van der Waals surface area contributed by atoms with Gasteiger partial charge in [-0.15, -0.1) is 0 Å². The van der Waals surface area contributed by atoms with E-state index in [2.05, 4.69) is 21.3 Å². The number of aliphatic carboxylic acids is 4. The molecule has 2 rings (SSSR count). The average Bonchev–Trinajstić information content (AvgIpc) is 3.65. The molecule has 0 aromatic heterocycles. The molecule has 338 valence electrons. The second kappa shape index (κ2) is 25.6. The molecule has 24 nitrogen and oxygen atoms in total. The summed E-state index contributed by atoms with van der Waals surface area (Å²) in [5.74, 6) is -9.35. The van der Waals surface area contributed by atoms with E-state index in [4.69, 9.17) is 0 Å². The zero-order valence-corrected chi connectivity index (χ0v) is 34.3. The summed E-state index contributed by atoms with van der Waals surface area (Å²) in [5.41, 5.74) is 0. The van der Waals surface area contributed by atoms with Gasteiger partial charge in [-0.2, -0.15) is 0 Å². The molecule has 0 spiro atoms. The van der Waals surface area contributed by atoms with Gasteiger partial charge in [0, 0.05) is 65.3 Å². The maximum atomic E-state index is 13.0. The second-order valence-electron chi connectivity index (χ2n) is 15.2. The van der Waals surface area contributed by atoms with Gasteiger partial charge < -0.3 is 56.6 Å². The summed E-state index contributed by atoms with van der Waals surface area (Å²) in [5, 5.41) is 67.3. The van der Waals surface area contributed by atoms with Gasteiger partial charge in [0.1, 0.15) is 18.1 Å². The first-order valence-electron chi connectivity index (χ1n) is 19.8. The van der Waals surface area contributed by atoms with Crippen molar-refractivity contribution in [2.75, 3.05) is 91.6 Å². The van der Waals surface area contributed by atoms with Crippen LogP contribution in [-0.4, -0.2) is 231 Å². The summed E-state index contributed by atoms with van der Waals surface area (Å²) in [4.78, 5) is 118. The van der Waals surface area contributed by atoms with Gasteiger partial charge in [-0.25, -0.2) is 0 Å². The molecule has 2 fully saturated rings. The fourth-order valence-corrected chi connectivity index (χ4v) is 6.90. The molecule has 2 saturated heterocycles. The Labute approximate surface area is 347 Å². The van der Waals surface area contributed by atoms with Crippen LogP contribution in [0.5, 0.6) is 0 Å². The normalized spacial score (nSPS) is 19.2. The van der Waals surface area contributed by atoms with Crippen LogP contribution in [0.15, 0.2) is 0 Å². The van der Waals surface area contributed by atoms with Gasteiger partial charge in [0.2, 0.25) is 29.5 Å². The number of hydrogen-bond acceptors (Lipinski definition) is 15. The lowest BCUT2D eigenvalue weighted by Crippen LogP contribution is -2.57. The van der Waals surface area contributed by atoms with Gasteiger partial charge in [-0.1, -0.05) is 13.8 Å². The molecule has 0 radical (unpaired) electrons. The van der Waals surface area contributed by atoms with E-state index in [1.54, 1.807) is 18.7 Å². The van der Waals surface area contributed by atoms with Crippen molar-refractivity contribution in [1.82, 2.24) is 45.8 Å². The number of rotatable bonds is 21. The largest absolute Gasteiger partial charge is 0.480 e. The molecule has 4 atom stereocenters. The van der Waals surface area contributed by atoms with Crippen LogP contribution < -0.4 is 21.3 Å². The lowest BCUT2D eigenvalue weighted by Gasteiger charge is -2.35. The zero-order chi connectivity index (χ0) is 45.1. The number of nitrogens with one attached hydrogen (secondary N) is 4. The van der Waals surface area contributed by atoms with Gasteiger partial charge in [0.15, 0.2) is 0 Å². The van der Waals surface area contributed by atoms with Crippen LogP contribution in [0.1, 0.15) is 46.5 Å². The van der Waals surface area contributed by atoms with Crippen LogP contribution in [0.25, 0.3) is 0 Å². The van der Waals surface area contributed by atoms with Crippen molar-refractivity contribution in [2.24, 2.45) is 5.92 Å². The Morgan fingerprint density at radius 1 is 0.633 bits per heavy atom. The van der Waals surface area contributed by atoms with E-state index in [1.165, 1.54) is 26.5 Å². The Bertz CT molecular complexity index is 1490. The van der Waals surface area contributed by atoms with Crippen molar-refractivity contribution in [3.05, 3.63) is 0 Å². The van der Waals surface area contributed by atoms with Crippen molar-refractivity contribution in [2.45, 2.75) is 70.5 Å². The number of amides is 5. The third-order valence-corrected chi connectivity index (χ3v) is 10.1. The summed E-state index contributed by atoms with van der Waals surface area (Å²) >= 11 is 0. The Morgan fingerprint density at radius 2 is 1.10 bits per heavy atom. The predicted octanol–water partition coefficient (Wildman–Crippen LogP) is -5.42. The minimum absolute atomic E-state index is 0.0152. The topological polar surface area (TPSA) is 339 Å². The molecule has 2 aliphatic rings.